The van der Waals surface area contributed by atoms with Crippen LogP contribution in [0.25, 0.3) is 0 Å². The molecule has 1 amide bonds. The maximum absolute atomic E-state index is 13.6. The van der Waals surface area contributed by atoms with E-state index in [4.69, 9.17) is 16.3 Å². The predicted molar refractivity (Wildman–Crippen MR) is 115 cm³/mol. The van der Waals surface area contributed by atoms with Crippen molar-refractivity contribution in [2.45, 2.75) is 56.8 Å². The van der Waals surface area contributed by atoms with Crippen LogP contribution in [-0.2, 0) is 20.7 Å². The number of nitrogens with zero attached hydrogens (tertiary/aromatic N) is 1. The lowest BCUT2D eigenvalue weighted by atomic mass is 9.92. The van der Waals surface area contributed by atoms with E-state index in [1.165, 1.54) is 29.2 Å². The number of halogens is 4. The Bertz CT molecular complexity index is 932. The maximum atomic E-state index is 13.6. The lowest BCUT2D eigenvalue weighted by molar-refractivity contribution is -0.161. The van der Waals surface area contributed by atoms with Gasteiger partial charge in [-0.1, -0.05) is 54.1 Å². The van der Waals surface area contributed by atoms with Crippen LogP contribution in [0.5, 0.6) is 0 Å². The summed E-state index contributed by atoms with van der Waals surface area (Å²) >= 11 is 6.00. The van der Waals surface area contributed by atoms with Gasteiger partial charge in [-0.3, -0.25) is 4.79 Å². The zero-order valence-electron chi connectivity index (χ0n) is 17.6. The zero-order valence-corrected chi connectivity index (χ0v) is 18.4. The molecule has 2 unspecified atom stereocenters. The van der Waals surface area contributed by atoms with Crippen LogP contribution >= 0.6 is 11.6 Å². The van der Waals surface area contributed by atoms with Crippen molar-refractivity contribution in [3.05, 3.63) is 70.7 Å². The molecule has 1 saturated carbocycles. The summed E-state index contributed by atoms with van der Waals surface area (Å²) in [5.41, 5.74) is 0.965. The molecule has 0 aromatic heterocycles. The molecule has 0 bridgehead atoms. The molecule has 32 heavy (non-hydrogen) atoms. The van der Waals surface area contributed by atoms with Gasteiger partial charge in [-0.25, -0.2) is 4.79 Å². The van der Waals surface area contributed by atoms with Gasteiger partial charge in [0, 0.05) is 17.5 Å². The van der Waals surface area contributed by atoms with Gasteiger partial charge in [-0.05, 0) is 43.0 Å². The first-order chi connectivity index (χ1) is 15.2. The van der Waals surface area contributed by atoms with Crippen molar-refractivity contribution in [1.29, 1.82) is 0 Å². The zero-order chi connectivity index (χ0) is 23.3. The quantitative estimate of drug-likeness (QED) is 0.455. The summed E-state index contributed by atoms with van der Waals surface area (Å²) in [6.07, 6.45) is -4.49. The minimum atomic E-state index is -4.57. The molecule has 0 aliphatic heterocycles. The van der Waals surface area contributed by atoms with Crippen molar-refractivity contribution in [2.75, 3.05) is 6.61 Å². The number of hydrogen-bond donors (Lipinski definition) is 0. The Morgan fingerprint density at radius 2 is 1.81 bits per heavy atom. The third kappa shape index (κ3) is 6.48. The first kappa shape index (κ1) is 24.1. The van der Waals surface area contributed by atoms with Gasteiger partial charge in [-0.2, -0.15) is 13.2 Å². The van der Waals surface area contributed by atoms with E-state index in [1.54, 1.807) is 19.1 Å². The first-order valence-electron chi connectivity index (χ1n) is 10.5. The summed E-state index contributed by atoms with van der Waals surface area (Å²) in [5, 5.41) is 0.242. The molecule has 0 heterocycles. The van der Waals surface area contributed by atoms with E-state index >= 15 is 0 Å². The van der Waals surface area contributed by atoms with Crippen molar-refractivity contribution >= 4 is 23.5 Å². The first-order valence-corrected chi connectivity index (χ1v) is 10.9. The Morgan fingerprint density at radius 1 is 1.12 bits per heavy atom. The number of rotatable bonds is 9. The third-order valence-corrected chi connectivity index (χ3v) is 5.58. The van der Waals surface area contributed by atoms with Gasteiger partial charge in [0.15, 0.2) is 0 Å². The van der Waals surface area contributed by atoms with Gasteiger partial charge in [0.2, 0.25) is 5.91 Å². The summed E-state index contributed by atoms with van der Waals surface area (Å²) in [4.78, 5) is 27.8. The molecule has 2 aromatic rings. The van der Waals surface area contributed by atoms with Crippen molar-refractivity contribution in [3.8, 4) is 0 Å². The number of carbonyl (C=O) groups excluding carboxylic acids is 2. The maximum Gasteiger partial charge on any atom is 0.390 e. The van der Waals surface area contributed by atoms with Crippen LogP contribution in [0.1, 0.15) is 43.2 Å². The molecule has 1 aliphatic carbocycles. The summed E-state index contributed by atoms with van der Waals surface area (Å²) in [5.74, 6) is -2.85. The highest BCUT2D eigenvalue weighted by Gasteiger charge is 2.46. The number of esters is 1. The Kier molecular flexibility index (Phi) is 7.82. The topological polar surface area (TPSA) is 46.6 Å². The number of ether oxygens (including phenoxy) is 1. The Hall–Kier alpha value is -2.54. The molecule has 8 heteroatoms. The second kappa shape index (κ2) is 10.4. The SMILES string of the molecule is CCOC(=O)C(Cc1ccccc1)N(C(=O)C(CC(F)(F)F)c1cccc(Cl)c1)C1CC1. The molecular formula is C24H25ClF3NO3. The predicted octanol–water partition coefficient (Wildman–Crippen LogP) is 5.54. The van der Waals surface area contributed by atoms with Gasteiger partial charge < -0.3 is 9.64 Å². The molecule has 0 N–H and O–H groups in total. The van der Waals surface area contributed by atoms with E-state index in [2.05, 4.69) is 0 Å². The van der Waals surface area contributed by atoms with Crippen LogP contribution in [0.2, 0.25) is 5.02 Å². The molecule has 4 nitrogen and oxygen atoms in total. The highest BCUT2D eigenvalue weighted by atomic mass is 35.5. The monoisotopic (exact) mass is 467 g/mol. The molecule has 0 radical (unpaired) electrons. The Balaban J connectivity index is 1.99. The van der Waals surface area contributed by atoms with Gasteiger partial charge in [-0.15, -0.1) is 0 Å². The van der Waals surface area contributed by atoms with Crippen molar-refractivity contribution in [1.82, 2.24) is 4.90 Å². The minimum Gasteiger partial charge on any atom is -0.464 e. The van der Waals surface area contributed by atoms with Crippen molar-refractivity contribution in [3.63, 3.8) is 0 Å². The van der Waals surface area contributed by atoms with E-state index in [-0.39, 0.29) is 29.7 Å². The fourth-order valence-corrected chi connectivity index (χ4v) is 3.99. The molecule has 1 fully saturated rings. The van der Waals surface area contributed by atoms with Crippen LogP contribution in [0.15, 0.2) is 54.6 Å². The standard InChI is InChI=1S/C24H25ClF3NO3/c1-2-32-23(31)21(13-16-7-4-3-5-8-16)29(19-11-12-19)22(30)20(15-24(26,27)28)17-9-6-10-18(25)14-17/h3-10,14,19-21H,2,11-13,15H2,1H3. The second-order valence-corrected chi connectivity index (χ2v) is 8.30. The number of alkyl halides is 3. The normalized spacial score (nSPS) is 15.7. The smallest absolute Gasteiger partial charge is 0.390 e. The molecule has 2 atom stereocenters. The largest absolute Gasteiger partial charge is 0.464 e. The molecule has 0 saturated heterocycles. The van der Waals surface area contributed by atoms with E-state index in [0.29, 0.717) is 12.8 Å². The molecule has 3 rings (SSSR count). The van der Waals surface area contributed by atoms with Crippen LogP contribution < -0.4 is 0 Å². The fourth-order valence-electron chi connectivity index (χ4n) is 3.79. The van der Waals surface area contributed by atoms with Crippen LogP contribution in [0.4, 0.5) is 13.2 Å². The van der Waals surface area contributed by atoms with Crippen LogP contribution in [0, 0.1) is 0 Å². The number of carbonyl (C=O) groups is 2. The van der Waals surface area contributed by atoms with Gasteiger partial charge in [0.05, 0.1) is 18.9 Å². The number of benzene rings is 2. The summed E-state index contributed by atoms with van der Waals surface area (Å²) in [6.45, 7) is 1.76. The molecule has 1 aliphatic rings. The number of amides is 1. The van der Waals surface area contributed by atoms with Gasteiger partial charge >= 0.3 is 12.1 Å². The third-order valence-electron chi connectivity index (χ3n) is 5.35. The van der Waals surface area contributed by atoms with E-state index in [9.17, 15) is 22.8 Å². The summed E-state index contributed by atoms with van der Waals surface area (Å²) < 4.78 is 45.6. The molecule has 2 aromatic carbocycles. The van der Waals surface area contributed by atoms with E-state index < -0.39 is 36.4 Å². The molecular weight excluding hydrogens is 443 g/mol. The minimum absolute atomic E-state index is 0.108. The Labute approximate surface area is 190 Å². The molecule has 172 valence electrons. The van der Waals surface area contributed by atoms with E-state index in [0.717, 1.165) is 5.56 Å². The summed E-state index contributed by atoms with van der Waals surface area (Å²) in [6, 6.07) is 13.6. The van der Waals surface area contributed by atoms with Crippen LogP contribution in [-0.4, -0.2) is 41.6 Å². The summed E-state index contributed by atoms with van der Waals surface area (Å²) in [7, 11) is 0. The highest BCUT2D eigenvalue weighted by Crippen LogP contribution is 2.38. The fraction of sp³-hybridized carbons (Fsp3) is 0.417. The van der Waals surface area contributed by atoms with Crippen molar-refractivity contribution in [2.24, 2.45) is 0 Å². The van der Waals surface area contributed by atoms with Gasteiger partial charge in [0.25, 0.3) is 0 Å². The lowest BCUT2D eigenvalue weighted by Crippen LogP contribution is -2.50. The second-order valence-electron chi connectivity index (χ2n) is 7.86. The average Bonchev–Trinajstić information content (AvgIpc) is 3.57. The molecule has 0 spiro atoms. The van der Waals surface area contributed by atoms with Gasteiger partial charge in [0.1, 0.15) is 6.04 Å². The van der Waals surface area contributed by atoms with E-state index in [1.807, 2.05) is 18.2 Å². The highest BCUT2D eigenvalue weighted by molar-refractivity contribution is 6.30. The lowest BCUT2D eigenvalue weighted by Gasteiger charge is -2.34. The number of hydrogen-bond acceptors (Lipinski definition) is 3. The Morgan fingerprint density at radius 3 is 2.38 bits per heavy atom. The average molecular weight is 468 g/mol. The van der Waals surface area contributed by atoms with Crippen LogP contribution in [0.3, 0.4) is 0 Å². The van der Waals surface area contributed by atoms with Crippen molar-refractivity contribution < 1.29 is 27.5 Å².